The van der Waals surface area contributed by atoms with Crippen molar-refractivity contribution in [2.75, 3.05) is 40.9 Å². The van der Waals surface area contributed by atoms with Crippen molar-refractivity contribution in [1.82, 2.24) is 5.32 Å². The van der Waals surface area contributed by atoms with E-state index in [9.17, 15) is 19.4 Å². The summed E-state index contributed by atoms with van der Waals surface area (Å²) in [4.78, 5) is 25.6. The third kappa shape index (κ3) is 64.7. The second-order valence-electron chi connectivity index (χ2n) is 26.0. The highest BCUT2D eigenvalue weighted by Crippen LogP contribution is 2.38. The molecule has 8 nitrogen and oxygen atoms in total. The fourth-order valence-electron chi connectivity index (χ4n) is 11.2. The van der Waals surface area contributed by atoms with Crippen molar-refractivity contribution in [3.63, 3.8) is 0 Å². The number of phosphoric ester groups is 1. The topological polar surface area (TPSA) is 108 Å². The van der Waals surface area contributed by atoms with Crippen molar-refractivity contribution >= 4 is 13.7 Å². The predicted molar refractivity (Wildman–Crippen MR) is 344 cm³/mol. The number of hydrogen-bond donors (Lipinski definition) is 2. The number of likely N-dealkylation sites (N-methyl/N-ethyl adjacent to an activating group) is 1. The number of amides is 1. The zero-order valence-corrected chi connectivity index (χ0v) is 55.0. The minimum absolute atomic E-state index is 0.0156. The van der Waals surface area contributed by atoms with Crippen molar-refractivity contribution in [2.45, 2.75) is 392 Å². The van der Waals surface area contributed by atoms with Crippen LogP contribution < -0.4 is 10.2 Å². The van der Waals surface area contributed by atoms with Gasteiger partial charge in [0.2, 0.25) is 5.91 Å². The van der Waals surface area contributed by atoms with Crippen molar-refractivity contribution in [3.8, 4) is 0 Å². The Morgan fingerprint density at radius 1 is 0.430 bits per heavy atom. The Labute approximate surface area is 494 Å². The van der Waals surface area contributed by atoms with E-state index in [-0.39, 0.29) is 19.1 Å². The fourth-order valence-corrected chi connectivity index (χ4v) is 11.9. The first-order valence-corrected chi connectivity index (χ1v) is 37.0. The average Bonchev–Trinajstić information content (AvgIpc) is 3.42. The second kappa shape index (κ2) is 61.8. The van der Waals surface area contributed by atoms with E-state index >= 15 is 0 Å². The molecule has 0 saturated carbocycles. The van der Waals surface area contributed by atoms with Gasteiger partial charge in [-0.05, 0) is 38.5 Å². The molecule has 0 spiro atoms. The van der Waals surface area contributed by atoms with Gasteiger partial charge in [0.25, 0.3) is 7.82 Å². The lowest BCUT2D eigenvalue weighted by atomic mass is 10.0. The number of unbranched alkanes of at least 4 members (excludes halogenated alkanes) is 52. The summed E-state index contributed by atoms with van der Waals surface area (Å²) >= 11 is 0. The molecule has 0 fully saturated rings. The molecule has 0 saturated heterocycles. The van der Waals surface area contributed by atoms with Gasteiger partial charge in [-0.1, -0.05) is 347 Å². The summed E-state index contributed by atoms with van der Waals surface area (Å²) in [5, 5.41) is 14.1. The second-order valence-corrected chi connectivity index (χ2v) is 27.4. The van der Waals surface area contributed by atoms with Crippen molar-refractivity contribution in [3.05, 3.63) is 12.2 Å². The van der Waals surface area contributed by atoms with Crippen LogP contribution in [-0.4, -0.2) is 68.5 Å². The summed E-state index contributed by atoms with van der Waals surface area (Å²) in [6.07, 6.45) is 78.8. The first kappa shape index (κ1) is 78.2. The summed E-state index contributed by atoms with van der Waals surface area (Å²) in [5.74, 6) is -0.156. The molecular weight excluding hydrogens is 996 g/mol. The molecule has 2 N–H and O–H groups in total. The van der Waals surface area contributed by atoms with Crippen LogP contribution in [0.25, 0.3) is 0 Å². The van der Waals surface area contributed by atoms with Gasteiger partial charge in [0.15, 0.2) is 0 Å². The third-order valence-electron chi connectivity index (χ3n) is 16.8. The van der Waals surface area contributed by atoms with Gasteiger partial charge in [-0.2, -0.15) is 0 Å². The Bertz CT molecular complexity index is 1290. The summed E-state index contributed by atoms with van der Waals surface area (Å²) in [7, 11) is 1.33. The molecular formula is C70H141N2O6P. The predicted octanol–water partition coefficient (Wildman–Crippen LogP) is 21.9. The number of aliphatic hydroxyl groups is 1. The molecule has 0 aliphatic heterocycles. The van der Waals surface area contributed by atoms with Crippen LogP contribution in [0.4, 0.5) is 0 Å². The van der Waals surface area contributed by atoms with Crippen LogP contribution in [0.5, 0.6) is 0 Å². The Kier molecular flexibility index (Phi) is 61.2. The lowest BCUT2D eigenvalue weighted by Gasteiger charge is -2.30. The monoisotopic (exact) mass is 1140 g/mol. The highest BCUT2D eigenvalue weighted by atomic mass is 31.2. The SMILES string of the molecule is CCCCCCCCCCCCCCCCCCCC/C=C\CCCCCCCCCCCCCCCCCCCC(=O)NC(COP(=O)([O-])OCC[N+](C)(C)C)C(O)CCCCCCCCCCCCCCCCCCCC. The number of rotatable bonds is 67. The van der Waals surface area contributed by atoms with Crippen molar-refractivity contribution in [2.24, 2.45) is 0 Å². The number of aliphatic hydroxyl groups excluding tert-OH is 1. The van der Waals surface area contributed by atoms with Gasteiger partial charge < -0.3 is 28.8 Å². The van der Waals surface area contributed by atoms with Gasteiger partial charge in [-0.15, -0.1) is 0 Å². The molecule has 0 aliphatic carbocycles. The van der Waals surface area contributed by atoms with Crippen molar-refractivity contribution in [1.29, 1.82) is 0 Å². The van der Waals surface area contributed by atoms with Gasteiger partial charge in [0.1, 0.15) is 13.2 Å². The van der Waals surface area contributed by atoms with E-state index in [1.807, 2.05) is 21.1 Å². The van der Waals surface area contributed by atoms with E-state index in [0.29, 0.717) is 23.9 Å². The van der Waals surface area contributed by atoms with E-state index in [1.165, 1.54) is 315 Å². The summed E-state index contributed by atoms with van der Waals surface area (Å²) in [5.41, 5.74) is 0. The molecule has 0 aromatic rings. The zero-order chi connectivity index (χ0) is 57.7. The molecule has 0 aliphatic rings. The lowest BCUT2D eigenvalue weighted by Crippen LogP contribution is -2.46. The number of quaternary nitrogens is 1. The van der Waals surface area contributed by atoms with Gasteiger partial charge in [0, 0.05) is 6.42 Å². The third-order valence-corrected chi connectivity index (χ3v) is 17.7. The van der Waals surface area contributed by atoms with Crippen LogP contribution in [0.3, 0.4) is 0 Å². The number of carbonyl (C=O) groups excluding carboxylic acids is 1. The van der Waals surface area contributed by atoms with Crippen LogP contribution in [0.1, 0.15) is 380 Å². The molecule has 3 atom stereocenters. The van der Waals surface area contributed by atoms with E-state index in [4.69, 9.17) is 9.05 Å². The van der Waals surface area contributed by atoms with Crippen LogP contribution in [0, 0.1) is 0 Å². The zero-order valence-electron chi connectivity index (χ0n) is 54.1. The minimum atomic E-state index is -4.57. The van der Waals surface area contributed by atoms with Crippen molar-refractivity contribution < 1.29 is 32.9 Å². The number of nitrogens with zero attached hydrogens (tertiary/aromatic N) is 1. The highest BCUT2D eigenvalue weighted by molar-refractivity contribution is 7.45. The average molecular weight is 1140 g/mol. The maximum atomic E-state index is 13.0. The Hall–Kier alpha value is -0.760. The summed E-state index contributed by atoms with van der Waals surface area (Å²) in [6.45, 7) is 4.79. The first-order valence-electron chi connectivity index (χ1n) is 35.5. The maximum absolute atomic E-state index is 13.0. The molecule has 0 bridgehead atoms. The Balaban J connectivity index is 3.87. The summed E-state index contributed by atoms with van der Waals surface area (Å²) < 4.78 is 23.5. The molecule has 0 aromatic heterocycles. The smallest absolute Gasteiger partial charge is 0.268 e. The molecule has 0 heterocycles. The number of nitrogens with one attached hydrogen (secondary N) is 1. The number of hydrogen-bond acceptors (Lipinski definition) is 6. The molecule has 79 heavy (non-hydrogen) atoms. The molecule has 3 unspecified atom stereocenters. The largest absolute Gasteiger partial charge is 0.756 e. The van der Waals surface area contributed by atoms with E-state index in [1.54, 1.807) is 0 Å². The van der Waals surface area contributed by atoms with E-state index in [2.05, 4.69) is 31.3 Å². The summed E-state index contributed by atoms with van der Waals surface area (Å²) in [6, 6.07) is -0.798. The Morgan fingerprint density at radius 3 is 0.987 bits per heavy atom. The quantitative estimate of drug-likeness (QED) is 0.0272. The van der Waals surface area contributed by atoms with Crippen LogP contribution in [0.15, 0.2) is 12.2 Å². The highest BCUT2D eigenvalue weighted by Gasteiger charge is 2.24. The Morgan fingerprint density at radius 2 is 0.696 bits per heavy atom. The first-order chi connectivity index (χ1) is 38.5. The van der Waals surface area contributed by atoms with Crippen LogP contribution >= 0.6 is 7.82 Å². The van der Waals surface area contributed by atoms with Gasteiger partial charge in [-0.25, -0.2) is 0 Å². The van der Waals surface area contributed by atoms with Gasteiger partial charge >= 0.3 is 0 Å². The van der Waals surface area contributed by atoms with Crippen LogP contribution in [0.2, 0.25) is 0 Å². The molecule has 472 valence electrons. The number of allylic oxidation sites excluding steroid dienone is 2. The van der Waals surface area contributed by atoms with Gasteiger partial charge in [0.05, 0.1) is 39.9 Å². The number of phosphoric acid groups is 1. The normalized spacial score (nSPS) is 13.7. The van der Waals surface area contributed by atoms with Crippen LogP contribution in [-0.2, 0) is 18.4 Å². The maximum Gasteiger partial charge on any atom is 0.268 e. The lowest BCUT2D eigenvalue weighted by molar-refractivity contribution is -0.870. The molecule has 0 radical (unpaired) electrons. The molecule has 1 amide bonds. The molecule has 0 aromatic carbocycles. The standard InChI is InChI=1S/C70H141N2O6P/c1-6-8-10-12-14-16-18-20-22-24-26-27-28-29-30-31-32-33-34-35-36-37-38-39-40-41-42-43-44-45-46-48-50-52-54-56-58-60-62-64-70(74)71-68(67-78-79(75,76)77-66-65-72(3,4)5)69(73)63-61-59-57-55-53-51-49-47-25-23-21-19-17-15-13-11-9-7-2/h35-36,68-69,73H,6-34,37-67H2,1-5H3,(H-,71,74,75,76)/b36-35-. The van der Waals surface area contributed by atoms with E-state index in [0.717, 1.165) is 38.5 Å². The molecule has 0 rings (SSSR count). The number of carbonyl (C=O) groups is 1. The fraction of sp³-hybridized carbons (Fsp3) is 0.957. The molecule has 9 heteroatoms. The van der Waals surface area contributed by atoms with E-state index < -0.39 is 20.0 Å². The van der Waals surface area contributed by atoms with Gasteiger partial charge in [-0.3, -0.25) is 9.36 Å². The minimum Gasteiger partial charge on any atom is -0.756 e.